The highest BCUT2D eigenvalue weighted by Crippen LogP contribution is 2.29. The number of aromatic nitrogens is 2. The molecule has 5 nitrogen and oxygen atoms in total. The van der Waals surface area contributed by atoms with E-state index in [0.29, 0.717) is 36.2 Å². The predicted octanol–water partition coefficient (Wildman–Crippen LogP) is 1.73. The molecule has 1 aromatic rings. The number of halogens is 1. The molecule has 0 radical (unpaired) electrons. The van der Waals surface area contributed by atoms with Gasteiger partial charge in [0.15, 0.2) is 5.03 Å². The summed E-state index contributed by atoms with van der Waals surface area (Å²) in [7, 11) is -3.52. The molecule has 7 heteroatoms. The van der Waals surface area contributed by atoms with E-state index in [2.05, 4.69) is 24.0 Å². The van der Waals surface area contributed by atoms with Gasteiger partial charge in [-0.2, -0.15) is 9.40 Å². The highest BCUT2D eigenvalue weighted by atomic mass is 35.5. The third kappa shape index (κ3) is 2.17. The third-order valence-electron chi connectivity index (χ3n) is 3.71. The molecule has 102 valence electrons. The second kappa shape index (κ2) is 4.83. The first kappa shape index (κ1) is 13.8. The maximum atomic E-state index is 12.5. The van der Waals surface area contributed by atoms with Crippen molar-refractivity contribution in [2.45, 2.75) is 31.7 Å². The molecular formula is C11H18ClN3O2S. The molecule has 1 aliphatic rings. The second-order valence-electron chi connectivity index (χ2n) is 5.04. The standard InChI is InChI=1S/C11H18ClN3O2S/c1-7-5-15(6-8(7)2)18(16,17)11-10(4-12)9(3)13-14-11/h7-8H,4-6H2,1-3H3,(H,13,14). The second-order valence-corrected chi connectivity index (χ2v) is 7.16. The van der Waals surface area contributed by atoms with E-state index in [4.69, 9.17) is 11.6 Å². The molecule has 0 spiro atoms. The number of rotatable bonds is 3. The highest BCUT2D eigenvalue weighted by Gasteiger charge is 2.37. The van der Waals surface area contributed by atoms with Gasteiger partial charge in [-0.1, -0.05) is 13.8 Å². The van der Waals surface area contributed by atoms with Gasteiger partial charge in [0, 0.05) is 24.3 Å². The van der Waals surface area contributed by atoms with Crippen molar-refractivity contribution in [3.8, 4) is 0 Å². The molecule has 2 heterocycles. The van der Waals surface area contributed by atoms with Crippen molar-refractivity contribution in [2.24, 2.45) is 11.8 Å². The maximum absolute atomic E-state index is 12.5. The Hall–Kier alpha value is -0.590. The largest absolute Gasteiger partial charge is 0.281 e. The fourth-order valence-corrected chi connectivity index (χ4v) is 4.41. The lowest BCUT2D eigenvalue weighted by molar-refractivity contribution is 0.459. The van der Waals surface area contributed by atoms with Gasteiger partial charge in [0.2, 0.25) is 0 Å². The third-order valence-corrected chi connectivity index (χ3v) is 5.78. The number of nitrogens with zero attached hydrogens (tertiary/aromatic N) is 2. The first-order valence-electron chi connectivity index (χ1n) is 5.98. The fourth-order valence-electron chi connectivity index (χ4n) is 2.20. The summed E-state index contributed by atoms with van der Waals surface area (Å²) >= 11 is 5.81. The molecule has 0 saturated carbocycles. The van der Waals surface area contributed by atoms with Gasteiger partial charge in [0.05, 0.1) is 5.88 Å². The van der Waals surface area contributed by atoms with Crippen LogP contribution in [-0.4, -0.2) is 36.0 Å². The molecule has 1 aliphatic heterocycles. The monoisotopic (exact) mass is 291 g/mol. The molecular weight excluding hydrogens is 274 g/mol. The molecule has 0 bridgehead atoms. The van der Waals surface area contributed by atoms with E-state index in [1.54, 1.807) is 6.92 Å². The Morgan fingerprint density at radius 1 is 1.39 bits per heavy atom. The smallest absolute Gasteiger partial charge is 0.262 e. The fraction of sp³-hybridized carbons (Fsp3) is 0.727. The predicted molar refractivity (Wildman–Crippen MR) is 70.0 cm³/mol. The van der Waals surface area contributed by atoms with Gasteiger partial charge in [-0.25, -0.2) is 8.42 Å². The average Bonchev–Trinajstić information content (AvgIpc) is 2.84. The van der Waals surface area contributed by atoms with E-state index in [0.717, 1.165) is 0 Å². The molecule has 0 aromatic carbocycles. The number of H-pyrrole nitrogens is 1. The summed E-state index contributed by atoms with van der Waals surface area (Å²) in [6.45, 7) is 7.02. The number of hydrogen-bond acceptors (Lipinski definition) is 3. The minimum Gasteiger partial charge on any atom is -0.281 e. The maximum Gasteiger partial charge on any atom is 0.262 e. The summed E-state index contributed by atoms with van der Waals surface area (Å²) < 4.78 is 26.5. The molecule has 2 atom stereocenters. The summed E-state index contributed by atoms with van der Waals surface area (Å²) in [5.41, 5.74) is 1.28. The first-order chi connectivity index (χ1) is 8.37. The lowest BCUT2D eigenvalue weighted by Crippen LogP contribution is -2.30. The molecule has 0 aliphatic carbocycles. The number of alkyl halides is 1. The van der Waals surface area contributed by atoms with E-state index in [-0.39, 0.29) is 10.9 Å². The Labute approximate surface area is 113 Å². The zero-order valence-corrected chi connectivity index (χ0v) is 12.3. The van der Waals surface area contributed by atoms with Crippen LogP contribution in [0.15, 0.2) is 5.03 Å². The minimum atomic E-state index is -3.52. The molecule has 2 unspecified atom stereocenters. The molecule has 1 aromatic heterocycles. The lowest BCUT2D eigenvalue weighted by atomic mass is 10.0. The van der Waals surface area contributed by atoms with Crippen molar-refractivity contribution in [1.29, 1.82) is 0 Å². The Bertz CT molecular complexity index is 530. The van der Waals surface area contributed by atoms with E-state index < -0.39 is 10.0 Å². The van der Waals surface area contributed by atoms with Gasteiger partial charge in [-0.05, 0) is 18.8 Å². The minimum absolute atomic E-state index is 0.0799. The first-order valence-corrected chi connectivity index (χ1v) is 7.95. The number of nitrogens with one attached hydrogen (secondary N) is 1. The van der Waals surface area contributed by atoms with Crippen LogP contribution in [0.3, 0.4) is 0 Å². The van der Waals surface area contributed by atoms with E-state index in [1.807, 2.05) is 0 Å². The molecule has 0 amide bonds. The summed E-state index contributed by atoms with van der Waals surface area (Å²) in [4.78, 5) is 0. The van der Waals surface area contributed by atoms with Gasteiger partial charge in [0.1, 0.15) is 0 Å². The van der Waals surface area contributed by atoms with Crippen molar-refractivity contribution in [3.05, 3.63) is 11.3 Å². The molecule has 2 rings (SSSR count). The van der Waals surface area contributed by atoms with Crippen LogP contribution in [0.5, 0.6) is 0 Å². The molecule has 1 N–H and O–H groups in total. The Kier molecular flexibility index (Phi) is 3.71. The summed E-state index contributed by atoms with van der Waals surface area (Å²) in [6, 6.07) is 0. The number of aryl methyl sites for hydroxylation is 1. The Balaban J connectivity index is 2.37. The van der Waals surface area contributed by atoms with Crippen LogP contribution in [0.4, 0.5) is 0 Å². The number of sulfonamides is 1. The summed E-state index contributed by atoms with van der Waals surface area (Å²) in [5, 5.41) is 6.69. The van der Waals surface area contributed by atoms with Crippen molar-refractivity contribution in [1.82, 2.24) is 14.5 Å². The van der Waals surface area contributed by atoms with E-state index >= 15 is 0 Å². The van der Waals surface area contributed by atoms with Gasteiger partial charge < -0.3 is 0 Å². The van der Waals surface area contributed by atoms with E-state index in [1.165, 1.54) is 4.31 Å². The SMILES string of the molecule is Cc1[nH]nc(S(=O)(=O)N2CC(C)C(C)C2)c1CCl. The summed E-state index contributed by atoms with van der Waals surface area (Å²) in [6.07, 6.45) is 0. The van der Waals surface area contributed by atoms with Gasteiger partial charge in [-0.3, -0.25) is 5.10 Å². The molecule has 18 heavy (non-hydrogen) atoms. The van der Waals surface area contributed by atoms with Crippen LogP contribution in [0, 0.1) is 18.8 Å². The van der Waals surface area contributed by atoms with Gasteiger partial charge >= 0.3 is 0 Å². The van der Waals surface area contributed by atoms with Crippen molar-refractivity contribution in [2.75, 3.05) is 13.1 Å². The average molecular weight is 292 g/mol. The number of hydrogen-bond donors (Lipinski definition) is 1. The van der Waals surface area contributed by atoms with Crippen LogP contribution in [0.2, 0.25) is 0 Å². The zero-order chi connectivity index (χ0) is 13.5. The zero-order valence-electron chi connectivity index (χ0n) is 10.8. The molecule has 1 saturated heterocycles. The van der Waals surface area contributed by atoms with Crippen LogP contribution in [-0.2, 0) is 15.9 Å². The van der Waals surface area contributed by atoms with Crippen LogP contribution >= 0.6 is 11.6 Å². The van der Waals surface area contributed by atoms with Crippen molar-refractivity contribution in [3.63, 3.8) is 0 Å². The van der Waals surface area contributed by atoms with Crippen LogP contribution in [0.1, 0.15) is 25.1 Å². The molecule has 1 fully saturated rings. The Morgan fingerprint density at radius 2 is 1.94 bits per heavy atom. The van der Waals surface area contributed by atoms with E-state index in [9.17, 15) is 8.42 Å². The Morgan fingerprint density at radius 3 is 2.44 bits per heavy atom. The normalized spacial score (nSPS) is 25.8. The topological polar surface area (TPSA) is 66.1 Å². The lowest BCUT2D eigenvalue weighted by Gasteiger charge is -2.15. The number of aromatic amines is 1. The highest BCUT2D eigenvalue weighted by molar-refractivity contribution is 7.89. The summed E-state index contributed by atoms with van der Waals surface area (Å²) in [5.74, 6) is 0.897. The van der Waals surface area contributed by atoms with Crippen molar-refractivity contribution < 1.29 is 8.42 Å². The van der Waals surface area contributed by atoms with Crippen LogP contribution < -0.4 is 0 Å². The van der Waals surface area contributed by atoms with Gasteiger partial charge in [-0.15, -0.1) is 11.6 Å². The quantitative estimate of drug-likeness (QED) is 0.863. The van der Waals surface area contributed by atoms with Crippen LogP contribution in [0.25, 0.3) is 0 Å². The van der Waals surface area contributed by atoms with Crippen molar-refractivity contribution >= 4 is 21.6 Å². The van der Waals surface area contributed by atoms with Gasteiger partial charge in [0.25, 0.3) is 10.0 Å².